The Balaban J connectivity index is 1.61. The molecule has 8 nitrogen and oxygen atoms in total. The van der Waals surface area contributed by atoms with Crippen LogP contribution in [-0.4, -0.2) is 48.3 Å². The molecule has 0 saturated carbocycles. The molecule has 0 aromatic heterocycles. The van der Waals surface area contributed by atoms with Gasteiger partial charge in [-0.3, -0.25) is 14.4 Å². The van der Waals surface area contributed by atoms with Gasteiger partial charge in [0.15, 0.2) is 6.61 Å². The molecule has 0 spiro atoms. The monoisotopic (exact) mass is 409 g/mol. The van der Waals surface area contributed by atoms with Crippen molar-refractivity contribution in [2.24, 2.45) is 11.7 Å². The lowest BCUT2D eigenvalue weighted by Crippen LogP contribution is -2.45. The number of benzene rings is 2. The minimum atomic E-state index is -0.726. The fourth-order valence-corrected chi connectivity index (χ4v) is 3.29. The van der Waals surface area contributed by atoms with Crippen molar-refractivity contribution in [2.75, 3.05) is 25.0 Å². The Labute approximate surface area is 174 Å². The molecule has 1 aliphatic rings. The molecule has 0 unspecified atom stereocenters. The number of likely N-dealkylation sites (tertiary alicyclic amines) is 1. The van der Waals surface area contributed by atoms with E-state index in [1.54, 1.807) is 48.5 Å². The summed E-state index contributed by atoms with van der Waals surface area (Å²) in [4.78, 5) is 50.1. The molecule has 1 fully saturated rings. The van der Waals surface area contributed by atoms with Crippen molar-refractivity contribution in [2.45, 2.75) is 12.8 Å². The summed E-state index contributed by atoms with van der Waals surface area (Å²) in [6, 6.07) is 15.0. The van der Waals surface area contributed by atoms with Gasteiger partial charge in [0.2, 0.25) is 5.91 Å². The van der Waals surface area contributed by atoms with Crippen molar-refractivity contribution < 1.29 is 23.9 Å². The van der Waals surface area contributed by atoms with E-state index in [4.69, 9.17) is 10.5 Å². The highest BCUT2D eigenvalue weighted by Crippen LogP contribution is 2.19. The normalized spacial score (nSPS) is 15.9. The Morgan fingerprint density at radius 2 is 1.73 bits per heavy atom. The molecule has 30 heavy (non-hydrogen) atoms. The van der Waals surface area contributed by atoms with E-state index in [2.05, 4.69) is 5.32 Å². The third-order valence-electron chi connectivity index (χ3n) is 4.93. The number of primary amides is 1. The molecule has 0 bridgehead atoms. The molecular formula is C22H23N3O5. The molecule has 1 saturated heterocycles. The Hall–Kier alpha value is -3.68. The molecule has 0 aliphatic carbocycles. The zero-order chi connectivity index (χ0) is 21.5. The van der Waals surface area contributed by atoms with E-state index < -0.39 is 18.5 Å². The van der Waals surface area contributed by atoms with Gasteiger partial charge in [-0.25, -0.2) is 4.79 Å². The Kier molecular flexibility index (Phi) is 6.79. The molecular weight excluding hydrogens is 386 g/mol. The van der Waals surface area contributed by atoms with Crippen LogP contribution < -0.4 is 11.1 Å². The molecule has 1 heterocycles. The summed E-state index contributed by atoms with van der Waals surface area (Å²) < 4.78 is 5.17. The van der Waals surface area contributed by atoms with Gasteiger partial charge in [0.1, 0.15) is 0 Å². The van der Waals surface area contributed by atoms with Crippen LogP contribution in [0.15, 0.2) is 54.6 Å². The Bertz CT molecular complexity index is 945. The summed E-state index contributed by atoms with van der Waals surface area (Å²) in [5.74, 6) is -2.30. The standard InChI is InChI=1S/C22H23N3O5/c23-20(27)16-9-6-12-25(13-16)19(26)14-30-22(29)17-10-4-5-11-18(17)24-21(28)15-7-2-1-3-8-15/h1-5,7-8,10-11,16H,6,9,12-14H2,(H2,23,27)(H,24,28)/t16-/m0/s1. The van der Waals surface area contributed by atoms with E-state index in [9.17, 15) is 19.2 Å². The second kappa shape index (κ2) is 9.69. The van der Waals surface area contributed by atoms with E-state index in [1.807, 2.05) is 0 Å². The van der Waals surface area contributed by atoms with Gasteiger partial charge in [-0.2, -0.15) is 0 Å². The van der Waals surface area contributed by atoms with Crippen LogP contribution in [0.1, 0.15) is 33.6 Å². The molecule has 3 amide bonds. The molecule has 0 radical (unpaired) electrons. The molecule has 3 N–H and O–H groups in total. The van der Waals surface area contributed by atoms with E-state index in [-0.39, 0.29) is 35.5 Å². The smallest absolute Gasteiger partial charge is 0.340 e. The van der Waals surface area contributed by atoms with Crippen molar-refractivity contribution in [3.8, 4) is 0 Å². The Morgan fingerprint density at radius 3 is 2.47 bits per heavy atom. The molecule has 2 aromatic rings. The summed E-state index contributed by atoms with van der Waals surface area (Å²) >= 11 is 0. The van der Waals surface area contributed by atoms with Gasteiger partial charge < -0.3 is 20.7 Å². The minimum absolute atomic E-state index is 0.142. The summed E-state index contributed by atoms with van der Waals surface area (Å²) in [5, 5.41) is 2.69. The highest BCUT2D eigenvalue weighted by Gasteiger charge is 2.27. The lowest BCUT2D eigenvalue weighted by molar-refractivity contribution is -0.137. The quantitative estimate of drug-likeness (QED) is 0.706. The average molecular weight is 409 g/mol. The zero-order valence-electron chi connectivity index (χ0n) is 16.4. The molecule has 2 aromatic carbocycles. The van der Waals surface area contributed by atoms with Crippen molar-refractivity contribution in [3.05, 3.63) is 65.7 Å². The first-order valence-electron chi connectivity index (χ1n) is 9.65. The summed E-state index contributed by atoms with van der Waals surface area (Å²) in [6.45, 7) is 0.268. The predicted molar refractivity (Wildman–Crippen MR) is 110 cm³/mol. The number of piperidine rings is 1. The summed E-state index contributed by atoms with van der Waals surface area (Å²) in [7, 11) is 0. The summed E-state index contributed by atoms with van der Waals surface area (Å²) in [5.41, 5.74) is 6.21. The van der Waals surface area contributed by atoms with Crippen molar-refractivity contribution in [1.82, 2.24) is 4.90 Å². The van der Waals surface area contributed by atoms with Crippen LogP contribution in [0.5, 0.6) is 0 Å². The SMILES string of the molecule is NC(=O)[C@H]1CCCN(C(=O)COC(=O)c2ccccc2NC(=O)c2ccccc2)C1. The maximum absolute atomic E-state index is 12.5. The number of nitrogens with zero attached hydrogens (tertiary/aromatic N) is 1. The molecule has 156 valence electrons. The predicted octanol–water partition coefficient (Wildman–Crippen LogP) is 1.82. The first-order valence-corrected chi connectivity index (χ1v) is 9.65. The number of para-hydroxylation sites is 1. The molecule has 3 rings (SSSR count). The van der Waals surface area contributed by atoms with E-state index in [0.717, 1.165) is 0 Å². The van der Waals surface area contributed by atoms with Crippen LogP contribution in [0.3, 0.4) is 0 Å². The highest BCUT2D eigenvalue weighted by atomic mass is 16.5. The third kappa shape index (κ3) is 5.22. The number of amides is 3. The number of carbonyl (C=O) groups is 4. The van der Waals surface area contributed by atoms with Gasteiger partial charge >= 0.3 is 5.97 Å². The van der Waals surface area contributed by atoms with Crippen LogP contribution in [-0.2, 0) is 14.3 Å². The maximum atomic E-state index is 12.5. The van der Waals surface area contributed by atoms with Gasteiger partial charge in [-0.1, -0.05) is 30.3 Å². The highest BCUT2D eigenvalue weighted by molar-refractivity contribution is 6.08. The largest absolute Gasteiger partial charge is 0.452 e. The van der Waals surface area contributed by atoms with Gasteiger partial charge in [0, 0.05) is 18.7 Å². The van der Waals surface area contributed by atoms with Gasteiger partial charge in [-0.05, 0) is 37.1 Å². The van der Waals surface area contributed by atoms with Crippen molar-refractivity contribution in [1.29, 1.82) is 0 Å². The van der Waals surface area contributed by atoms with Crippen LogP contribution in [0.25, 0.3) is 0 Å². The number of carbonyl (C=O) groups excluding carboxylic acids is 4. The molecule has 8 heteroatoms. The molecule has 1 aliphatic heterocycles. The third-order valence-corrected chi connectivity index (χ3v) is 4.93. The number of esters is 1. The second-order valence-corrected chi connectivity index (χ2v) is 7.02. The number of anilines is 1. The number of hydrogen-bond donors (Lipinski definition) is 2. The minimum Gasteiger partial charge on any atom is -0.452 e. The van der Waals surface area contributed by atoms with Gasteiger partial charge in [-0.15, -0.1) is 0 Å². The second-order valence-electron chi connectivity index (χ2n) is 7.02. The van der Waals surface area contributed by atoms with Gasteiger partial charge in [0.25, 0.3) is 11.8 Å². The van der Waals surface area contributed by atoms with Crippen LogP contribution >= 0.6 is 0 Å². The first kappa shape index (κ1) is 21.0. The number of rotatable bonds is 6. The summed E-state index contributed by atoms with van der Waals surface area (Å²) in [6.07, 6.45) is 1.31. The zero-order valence-corrected chi connectivity index (χ0v) is 16.4. The Morgan fingerprint density at radius 1 is 1.03 bits per heavy atom. The fraction of sp³-hybridized carbons (Fsp3) is 0.273. The first-order chi connectivity index (χ1) is 14.5. The maximum Gasteiger partial charge on any atom is 0.340 e. The lowest BCUT2D eigenvalue weighted by Gasteiger charge is -2.31. The van der Waals surface area contributed by atoms with Crippen LogP contribution in [0.2, 0.25) is 0 Å². The number of nitrogens with one attached hydrogen (secondary N) is 1. The van der Waals surface area contributed by atoms with Crippen molar-refractivity contribution >= 4 is 29.4 Å². The number of hydrogen-bond acceptors (Lipinski definition) is 5. The van der Waals surface area contributed by atoms with Crippen LogP contribution in [0.4, 0.5) is 5.69 Å². The topological polar surface area (TPSA) is 119 Å². The van der Waals surface area contributed by atoms with E-state index >= 15 is 0 Å². The van der Waals surface area contributed by atoms with Gasteiger partial charge in [0.05, 0.1) is 17.2 Å². The van der Waals surface area contributed by atoms with Crippen molar-refractivity contribution in [3.63, 3.8) is 0 Å². The van der Waals surface area contributed by atoms with E-state index in [1.165, 1.54) is 11.0 Å². The average Bonchev–Trinajstić information content (AvgIpc) is 2.78. The molecule has 1 atom stereocenters. The number of nitrogens with two attached hydrogens (primary N) is 1. The van der Waals surface area contributed by atoms with Crippen LogP contribution in [0, 0.1) is 5.92 Å². The lowest BCUT2D eigenvalue weighted by atomic mass is 9.97. The van der Waals surface area contributed by atoms with E-state index in [0.29, 0.717) is 24.9 Å². The number of ether oxygens (including phenoxy) is 1. The fourth-order valence-electron chi connectivity index (χ4n) is 3.29.